The number of hydrogen-bond donors (Lipinski definition) is 1. The molecule has 4 nitrogen and oxygen atoms in total. The van der Waals surface area contributed by atoms with E-state index in [4.69, 9.17) is 5.11 Å². The number of benzene rings is 1. The highest BCUT2D eigenvalue weighted by atomic mass is 79.9. The largest absolute Gasteiger partial charge is 0.396 e. The molecule has 1 aromatic rings. The summed E-state index contributed by atoms with van der Waals surface area (Å²) < 4.78 is 27.0. The first-order valence-corrected chi connectivity index (χ1v) is 8.01. The summed E-state index contributed by atoms with van der Waals surface area (Å²) in [5.74, 6) is 0. The average molecular weight is 336 g/mol. The Morgan fingerprint density at radius 3 is 2.44 bits per heavy atom. The Labute approximate surface area is 117 Å². The Morgan fingerprint density at radius 1 is 1.33 bits per heavy atom. The molecular formula is C12H18BrNO3S. The number of sulfonamides is 1. The lowest BCUT2D eigenvalue weighted by Crippen LogP contribution is -2.38. The van der Waals surface area contributed by atoms with E-state index in [0.717, 1.165) is 0 Å². The minimum Gasteiger partial charge on any atom is -0.396 e. The van der Waals surface area contributed by atoms with Crippen molar-refractivity contribution in [2.24, 2.45) is 0 Å². The molecule has 1 aromatic carbocycles. The van der Waals surface area contributed by atoms with E-state index in [0.29, 0.717) is 17.4 Å². The van der Waals surface area contributed by atoms with Gasteiger partial charge >= 0.3 is 0 Å². The summed E-state index contributed by atoms with van der Waals surface area (Å²) in [4.78, 5) is 0.261. The number of aliphatic hydroxyl groups excluding tert-OH is 1. The van der Waals surface area contributed by atoms with Gasteiger partial charge in [-0.25, -0.2) is 8.42 Å². The van der Waals surface area contributed by atoms with Crippen molar-refractivity contribution in [3.8, 4) is 0 Å². The van der Waals surface area contributed by atoms with Gasteiger partial charge in [0.05, 0.1) is 4.90 Å². The second-order valence-corrected chi connectivity index (χ2v) is 6.93. The monoisotopic (exact) mass is 335 g/mol. The van der Waals surface area contributed by atoms with Crippen molar-refractivity contribution in [1.82, 2.24) is 4.31 Å². The van der Waals surface area contributed by atoms with Crippen molar-refractivity contribution in [2.75, 3.05) is 13.2 Å². The molecule has 0 atom stereocenters. The summed E-state index contributed by atoms with van der Waals surface area (Å²) in [6.07, 6.45) is 0.432. The van der Waals surface area contributed by atoms with Crippen LogP contribution in [-0.4, -0.2) is 37.0 Å². The first-order valence-electron chi connectivity index (χ1n) is 5.78. The van der Waals surface area contributed by atoms with Gasteiger partial charge in [-0.15, -0.1) is 0 Å². The molecule has 1 rings (SSSR count). The zero-order chi connectivity index (χ0) is 13.8. The maximum atomic E-state index is 12.5. The average Bonchev–Trinajstić information content (AvgIpc) is 2.29. The van der Waals surface area contributed by atoms with E-state index in [-0.39, 0.29) is 17.5 Å². The van der Waals surface area contributed by atoms with E-state index in [1.54, 1.807) is 24.3 Å². The Hall–Kier alpha value is -0.430. The molecule has 1 N–H and O–H groups in total. The standard InChI is InChI=1S/C12H18BrNO3S/c1-10(2)14(8-5-9-15)18(16,17)12-7-4-3-6-11(12)13/h3-4,6-7,10,15H,5,8-9H2,1-2H3. The highest BCUT2D eigenvalue weighted by Crippen LogP contribution is 2.25. The van der Waals surface area contributed by atoms with Gasteiger partial charge in [-0.2, -0.15) is 4.31 Å². The van der Waals surface area contributed by atoms with E-state index in [9.17, 15) is 8.42 Å². The Kier molecular flexibility index (Phi) is 5.78. The molecule has 6 heteroatoms. The number of aliphatic hydroxyl groups is 1. The van der Waals surface area contributed by atoms with Crippen LogP contribution in [0, 0.1) is 0 Å². The van der Waals surface area contributed by atoms with Gasteiger partial charge < -0.3 is 5.11 Å². The first kappa shape index (κ1) is 15.6. The Morgan fingerprint density at radius 2 is 1.94 bits per heavy atom. The van der Waals surface area contributed by atoms with Gasteiger partial charge in [0, 0.05) is 23.7 Å². The van der Waals surface area contributed by atoms with Crippen LogP contribution >= 0.6 is 15.9 Å². The summed E-state index contributed by atoms with van der Waals surface area (Å²) in [6, 6.07) is 6.61. The normalized spacial score (nSPS) is 12.3. The molecule has 0 unspecified atom stereocenters. The first-order chi connectivity index (χ1) is 8.41. The molecule has 0 aliphatic rings. The van der Waals surface area contributed by atoms with Crippen LogP contribution in [0.4, 0.5) is 0 Å². The predicted octanol–water partition coefficient (Wildman–Crippen LogP) is 2.23. The quantitative estimate of drug-likeness (QED) is 0.867. The fraction of sp³-hybridized carbons (Fsp3) is 0.500. The third-order valence-corrected chi connectivity index (χ3v) is 5.62. The molecule has 0 aliphatic heterocycles. The third kappa shape index (κ3) is 3.54. The van der Waals surface area contributed by atoms with Crippen LogP contribution in [0.15, 0.2) is 33.6 Å². The molecule has 0 saturated heterocycles. The van der Waals surface area contributed by atoms with Crippen LogP contribution in [0.3, 0.4) is 0 Å². The molecule has 0 amide bonds. The smallest absolute Gasteiger partial charge is 0.244 e. The van der Waals surface area contributed by atoms with Gasteiger partial charge in [0.15, 0.2) is 0 Å². The number of nitrogens with zero attached hydrogens (tertiary/aromatic N) is 1. The van der Waals surface area contributed by atoms with Gasteiger partial charge in [-0.1, -0.05) is 12.1 Å². The number of rotatable bonds is 6. The van der Waals surface area contributed by atoms with Crippen molar-refractivity contribution < 1.29 is 13.5 Å². The lowest BCUT2D eigenvalue weighted by Gasteiger charge is -2.26. The lowest BCUT2D eigenvalue weighted by molar-refractivity contribution is 0.258. The van der Waals surface area contributed by atoms with Gasteiger partial charge in [-0.3, -0.25) is 0 Å². The Balaban J connectivity index is 3.14. The van der Waals surface area contributed by atoms with E-state index in [2.05, 4.69) is 15.9 Å². The lowest BCUT2D eigenvalue weighted by atomic mass is 10.3. The van der Waals surface area contributed by atoms with Gasteiger partial charge in [0.25, 0.3) is 0 Å². The zero-order valence-electron chi connectivity index (χ0n) is 10.5. The van der Waals surface area contributed by atoms with Gasteiger partial charge in [0.2, 0.25) is 10.0 Å². The summed E-state index contributed by atoms with van der Waals surface area (Å²) in [7, 11) is -3.53. The van der Waals surface area contributed by atoms with E-state index in [1.165, 1.54) is 4.31 Å². The molecule has 0 radical (unpaired) electrons. The topological polar surface area (TPSA) is 57.6 Å². The predicted molar refractivity (Wildman–Crippen MR) is 74.9 cm³/mol. The summed E-state index contributed by atoms with van der Waals surface area (Å²) in [5, 5.41) is 8.86. The molecule has 0 aliphatic carbocycles. The fourth-order valence-corrected chi connectivity index (χ4v) is 4.30. The van der Waals surface area contributed by atoms with Crippen molar-refractivity contribution in [3.05, 3.63) is 28.7 Å². The number of halogens is 1. The van der Waals surface area contributed by atoms with Crippen LogP contribution in [-0.2, 0) is 10.0 Å². The van der Waals surface area contributed by atoms with E-state index >= 15 is 0 Å². The van der Waals surface area contributed by atoms with Gasteiger partial charge in [-0.05, 0) is 48.3 Å². The molecule has 102 valence electrons. The molecule has 18 heavy (non-hydrogen) atoms. The second kappa shape index (κ2) is 6.65. The van der Waals surface area contributed by atoms with Crippen molar-refractivity contribution in [2.45, 2.75) is 31.2 Å². The van der Waals surface area contributed by atoms with Crippen LogP contribution in [0.5, 0.6) is 0 Å². The van der Waals surface area contributed by atoms with Crippen LogP contribution in [0.25, 0.3) is 0 Å². The van der Waals surface area contributed by atoms with Crippen molar-refractivity contribution in [1.29, 1.82) is 0 Å². The minimum absolute atomic E-state index is 0.0191. The SMILES string of the molecule is CC(C)N(CCCO)S(=O)(=O)c1ccccc1Br. The summed E-state index contributed by atoms with van der Waals surface area (Å²) in [5.41, 5.74) is 0. The second-order valence-electron chi connectivity index (χ2n) is 4.22. The minimum atomic E-state index is -3.53. The maximum Gasteiger partial charge on any atom is 0.244 e. The molecule has 0 heterocycles. The van der Waals surface area contributed by atoms with Gasteiger partial charge in [0.1, 0.15) is 0 Å². The number of hydrogen-bond acceptors (Lipinski definition) is 3. The van der Waals surface area contributed by atoms with Crippen LogP contribution < -0.4 is 0 Å². The molecule has 0 aromatic heterocycles. The third-order valence-electron chi connectivity index (χ3n) is 2.54. The fourth-order valence-electron chi connectivity index (χ4n) is 1.66. The summed E-state index contributed by atoms with van der Waals surface area (Å²) >= 11 is 3.26. The maximum absolute atomic E-state index is 12.5. The molecule has 0 spiro atoms. The highest BCUT2D eigenvalue weighted by molar-refractivity contribution is 9.10. The molecular weight excluding hydrogens is 318 g/mol. The van der Waals surface area contributed by atoms with Crippen LogP contribution in [0.2, 0.25) is 0 Å². The Bertz CT molecular complexity index is 488. The summed E-state index contributed by atoms with van der Waals surface area (Å²) in [6.45, 7) is 3.95. The highest BCUT2D eigenvalue weighted by Gasteiger charge is 2.27. The van der Waals surface area contributed by atoms with Crippen molar-refractivity contribution in [3.63, 3.8) is 0 Å². The van der Waals surface area contributed by atoms with E-state index < -0.39 is 10.0 Å². The van der Waals surface area contributed by atoms with E-state index in [1.807, 2.05) is 13.8 Å². The van der Waals surface area contributed by atoms with Crippen molar-refractivity contribution >= 4 is 26.0 Å². The molecule has 0 fully saturated rings. The molecule has 0 saturated carbocycles. The zero-order valence-corrected chi connectivity index (χ0v) is 12.9. The molecule has 0 bridgehead atoms. The van der Waals surface area contributed by atoms with Crippen LogP contribution in [0.1, 0.15) is 20.3 Å².